The first-order valence-electron chi connectivity index (χ1n) is 22.8. The summed E-state index contributed by atoms with van der Waals surface area (Å²) >= 11 is 4.25. The topological polar surface area (TPSA) is 269 Å². The second-order valence-electron chi connectivity index (χ2n) is 18.7. The molecule has 0 spiro atoms. The normalized spacial score (nSPS) is 29.0. The molecule has 18 nitrogen and oxygen atoms in total. The Morgan fingerprint density at radius 2 is 1.75 bits per heavy atom. The summed E-state index contributed by atoms with van der Waals surface area (Å²) < 4.78 is 18.7. The van der Waals surface area contributed by atoms with Crippen LogP contribution in [0.2, 0.25) is 0 Å². The number of hydrogen-bond donors (Lipinski definition) is 7. The first-order valence-corrected chi connectivity index (χ1v) is 24.7. The lowest BCUT2D eigenvalue weighted by atomic mass is 9.46. The number of Topliss-reactive ketones (excluding diaryl/α,β-unsaturated/α-hetero) is 1. The number of aliphatic hydroxyl groups excluding tert-OH is 2. The summed E-state index contributed by atoms with van der Waals surface area (Å²) in [5, 5.41) is 41.8. The summed E-state index contributed by atoms with van der Waals surface area (Å²) in [5.74, 6) is -3.48. The molecule has 1 aromatic heterocycles. The van der Waals surface area contributed by atoms with Gasteiger partial charge >= 0.3 is 12.1 Å². The molecule has 4 fully saturated rings. The third kappa shape index (κ3) is 10.0. The summed E-state index contributed by atoms with van der Waals surface area (Å²) in [5.41, 5.74) is 0.903. The Morgan fingerprint density at radius 1 is 1.01 bits per heavy atom. The van der Waals surface area contributed by atoms with Crippen LogP contribution in [0.15, 0.2) is 78.5 Å². The van der Waals surface area contributed by atoms with Gasteiger partial charge in [-0.2, -0.15) is 0 Å². The molecule has 0 radical (unpaired) electrons. The number of aliphatic carboxylic acids is 1. The zero-order valence-corrected chi connectivity index (χ0v) is 40.3. The van der Waals surface area contributed by atoms with Gasteiger partial charge in [-0.1, -0.05) is 77.8 Å². The van der Waals surface area contributed by atoms with Crippen molar-refractivity contribution in [2.75, 3.05) is 29.1 Å². The largest absolute Gasteiger partial charge is 0.481 e. The Balaban J connectivity index is 0.827. The van der Waals surface area contributed by atoms with Gasteiger partial charge in [0, 0.05) is 51.9 Å². The third-order valence-electron chi connectivity index (χ3n) is 14.6. The number of aromatic nitrogens is 1. The number of alkyl halides is 1. The van der Waals surface area contributed by atoms with E-state index in [1.807, 2.05) is 37.3 Å². The van der Waals surface area contributed by atoms with E-state index in [0.29, 0.717) is 34.8 Å². The maximum absolute atomic E-state index is 13.9. The number of thiazole rings is 1. The number of amides is 4. The van der Waals surface area contributed by atoms with Crippen LogP contribution in [0.1, 0.15) is 80.2 Å². The molecule has 7 N–H and O–H groups in total. The third-order valence-corrected chi connectivity index (χ3v) is 16.1. The number of fused-ring (bicyclic) bond motifs is 7. The highest BCUT2D eigenvalue weighted by molar-refractivity contribution is 9.09. The first kappa shape index (κ1) is 49.8. The van der Waals surface area contributed by atoms with Gasteiger partial charge in [-0.3, -0.25) is 34.1 Å². The molecule has 4 aliphatic carbocycles. The Labute approximate surface area is 409 Å². The van der Waals surface area contributed by atoms with Crippen LogP contribution in [0.4, 0.5) is 15.6 Å². The smallest absolute Gasteiger partial charge is 0.413 e. The number of ether oxygens (including phenoxy) is 3. The van der Waals surface area contributed by atoms with Crippen molar-refractivity contribution in [3.05, 3.63) is 100 Å². The molecule has 2 aromatic carbocycles. The summed E-state index contributed by atoms with van der Waals surface area (Å²) in [7, 11) is 0. The number of carbonyl (C=O) groups excluding carboxylic acids is 6. The molecular formula is C49H54BrN5O13S. The summed E-state index contributed by atoms with van der Waals surface area (Å²) in [4.78, 5) is 91.9. The molecule has 2 heterocycles. The van der Waals surface area contributed by atoms with E-state index in [1.165, 1.54) is 11.3 Å². The molecule has 3 saturated carbocycles. The molecular weight excluding hydrogens is 979 g/mol. The maximum Gasteiger partial charge on any atom is 0.413 e. The number of aliphatic hydroxyl groups is 2. The summed E-state index contributed by atoms with van der Waals surface area (Å²) in [6.07, 6.45) is 6.18. The monoisotopic (exact) mass is 1030 g/mol. The van der Waals surface area contributed by atoms with Crippen molar-refractivity contribution in [1.29, 1.82) is 0 Å². The van der Waals surface area contributed by atoms with Crippen molar-refractivity contribution < 1.29 is 63.1 Å². The van der Waals surface area contributed by atoms with Gasteiger partial charge < -0.3 is 45.5 Å². The number of rotatable bonds is 17. The van der Waals surface area contributed by atoms with Crippen LogP contribution in [0.3, 0.4) is 0 Å². The number of nitrogens with zero attached hydrogens (tertiary/aromatic N) is 1. The zero-order valence-electron chi connectivity index (χ0n) is 37.9. The molecule has 366 valence electrons. The minimum Gasteiger partial charge on any atom is -0.481 e. The second kappa shape index (κ2) is 20.4. The van der Waals surface area contributed by atoms with Gasteiger partial charge in [0.2, 0.25) is 17.7 Å². The van der Waals surface area contributed by atoms with Crippen LogP contribution in [0, 0.1) is 28.6 Å². The number of hydrogen-bond acceptors (Lipinski definition) is 14. The van der Waals surface area contributed by atoms with E-state index < -0.39 is 89.7 Å². The number of carbonyl (C=O) groups is 7. The second-order valence-corrected chi connectivity index (χ2v) is 20.4. The highest BCUT2D eigenvalue weighted by Gasteiger charge is 2.76. The number of halogens is 1. The van der Waals surface area contributed by atoms with Crippen LogP contribution in [-0.2, 0) is 56.0 Å². The number of nitrogens with one attached hydrogen (secondary N) is 4. The highest BCUT2D eigenvalue weighted by Crippen LogP contribution is 2.70. The van der Waals surface area contributed by atoms with Gasteiger partial charge in [-0.25, -0.2) is 9.78 Å². The Kier molecular flexibility index (Phi) is 14.7. The van der Waals surface area contributed by atoms with Crippen molar-refractivity contribution in [3.8, 4) is 0 Å². The van der Waals surface area contributed by atoms with E-state index in [1.54, 1.807) is 42.6 Å². The van der Waals surface area contributed by atoms with Crippen LogP contribution >= 0.6 is 27.3 Å². The van der Waals surface area contributed by atoms with Crippen LogP contribution in [0.5, 0.6) is 0 Å². The van der Waals surface area contributed by atoms with Crippen molar-refractivity contribution in [2.45, 2.75) is 95.5 Å². The molecule has 0 bridgehead atoms. The van der Waals surface area contributed by atoms with Gasteiger partial charge in [-0.15, -0.1) is 11.3 Å². The lowest BCUT2D eigenvalue weighted by Crippen LogP contribution is -2.63. The van der Waals surface area contributed by atoms with Crippen LogP contribution in [-0.4, -0.2) is 104 Å². The van der Waals surface area contributed by atoms with Crippen LogP contribution < -0.4 is 21.3 Å². The molecule has 0 unspecified atom stereocenters. The summed E-state index contributed by atoms with van der Waals surface area (Å²) in [6, 6.07) is 12.8. The zero-order chi connectivity index (χ0) is 49.3. The number of benzene rings is 2. The fourth-order valence-electron chi connectivity index (χ4n) is 11.5. The number of carboxylic acid groups (broad SMARTS) is 1. The highest BCUT2D eigenvalue weighted by atomic mass is 79.9. The average Bonchev–Trinajstić information content (AvgIpc) is 4.01. The van der Waals surface area contributed by atoms with Crippen molar-refractivity contribution in [3.63, 3.8) is 0 Å². The predicted molar refractivity (Wildman–Crippen MR) is 253 cm³/mol. The van der Waals surface area contributed by atoms with Gasteiger partial charge in [0.05, 0.1) is 24.1 Å². The predicted octanol–water partition coefficient (Wildman–Crippen LogP) is 4.88. The average molecular weight is 1030 g/mol. The molecule has 1 aliphatic heterocycles. The first-order chi connectivity index (χ1) is 33.0. The maximum atomic E-state index is 13.9. The molecule has 69 heavy (non-hydrogen) atoms. The lowest BCUT2D eigenvalue weighted by molar-refractivity contribution is -0.201. The quantitative estimate of drug-likeness (QED) is 0.0889. The molecule has 1 saturated heterocycles. The van der Waals surface area contributed by atoms with E-state index in [2.05, 4.69) is 49.1 Å². The number of anilines is 2. The van der Waals surface area contributed by atoms with Crippen molar-refractivity contribution in [1.82, 2.24) is 15.6 Å². The van der Waals surface area contributed by atoms with Gasteiger partial charge in [0.15, 0.2) is 28.6 Å². The van der Waals surface area contributed by atoms with Gasteiger partial charge in [-0.05, 0) is 79.4 Å². The minimum atomic E-state index is -1.45. The Hall–Kier alpha value is -5.64. The van der Waals surface area contributed by atoms with Crippen molar-refractivity contribution in [2.24, 2.45) is 28.6 Å². The minimum absolute atomic E-state index is 0.0142. The fourth-order valence-corrected chi connectivity index (χ4v) is 12.5. The molecule has 20 heteroatoms. The molecule has 8 rings (SSSR count). The van der Waals surface area contributed by atoms with E-state index >= 15 is 0 Å². The van der Waals surface area contributed by atoms with E-state index in [0.717, 1.165) is 28.9 Å². The van der Waals surface area contributed by atoms with E-state index in [9.17, 15) is 43.8 Å². The number of carboxylic acids is 1. The molecule has 5 aliphatic rings. The van der Waals surface area contributed by atoms with E-state index in [4.69, 9.17) is 19.3 Å². The van der Waals surface area contributed by atoms with Gasteiger partial charge in [0.25, 0.3) is 0 Å². The van der Waals surface area contributed by atoms with Crippen molar-refractivity contribution >= 4 is 79.4 Å². The lowest BCUT2D eigenvalue weighted by Gasteiger charge is -2.59. The molecule has 4 amide bonds. The summed E-state index contributed by atoms with van der Waals surface area (Å²) in [6.45, 7) is 2.90. The number of ketones is 2. The fraction of sp³-hybridized carbons (Fsp3) is 0.469. The molecule has 10 atom stereocenters. The number of allylic oxidation sites excluding steroid dienone is 4. The molecule has 3 aromatic rings. The van der Waals surface area contributed by atoms with Crippen LogP contribution in [0.25, 0.3) is 0 Å². The van der Waals surface area contributed by atoms with Gasteiger partial charge in [0.1, 0.15) is 19.3 Å². The Morgan fingerprint density at radius 3 is 2.46 bits per heavy atom. The standard InChI is InChI=1S/C49H54BrN5O13S/c1-47-16-15-31(57)18-29(47)9-12-33-34-19-38-49(37(59)24-56,48(34,2)20-36(58)42(33)47)68-44(67-38)28-7-3-26(4-8-28)17-32-22-52-45(69-32)55-46(65)66-25-27-5-10-30(11-6-27)53-43(64)35(13-14-41(62)63)54-40(61)23-51-39(60)21-50/h3-8,10-11,15-16,18,22,33-36,38,42,44,56,58H,9,12-14,17,19-21,23-25H2,1-2H3,(H,51,60)(H,53,64)(H,54,61)(H,62,63)(H,52,55,65)/t33-,34-,35-,36-,38+,42+,44+,47-,48-,49+/m0/s1. The Bertz CT molecular complexity index is 2570. The SMILES string of the molecule is C[C@]12C=CC(=O)C=C1CC[C@@H]1[C@@H]2[C@@H](O)C[C@@]2(C)[C@H]1C[C@H]1O[C@@H](c3ccc(Cc4cnc(NC(=O)OCc5ccc(NC(=O)[C@H](CCC(=O)O)NC(=O)CNC(=O)CBr)cc5)s4)cc3)O[C@]12C(=O)CO. The van der Waals surface area contributed by atoms with E-state index in [-0.39, 0.29) is 54.7 Å².